The molecule has 2 rings (SSSR count). The lowest BCUT2D eigenvalue weighted by atomic mass is 10.3. The maximum Gasteiger partial charge on any atom is 0.151 e. The first-order valence-electron chi connectivity index (χ1n) is 5.11. The van der Waals surface area contributed by atoms with Gasteiger partial charge in [0.15, 0.2) is 5.82 Å². The fraction of sp³-hybridized carbons (Fsp3) is 0.364. The minimum absolute atomic E-state index is 0.266. The van der Waals surface area contributed by atoms with Crippen LogP contribution in [0.25, 0.3) is 11.0 Å². The quantitative estimate of drug-likeness (QED) is 0.832. The number of para-hydroxylation sites is 1. The number of hydrogen-bond acceptors (Lipinski definition) is 2. The molecule has 1 heterocycles. The molecule has 0 radical (unpaired) electrons. The molecule has 1 aromatic carbocycles. The van der Waals surface area contributed by atoms with Crippen molar-refractivity contribution in [3.8, 4) is 0 Å². The topological polar surface area (TPSA) is 43.8 Å². The van der Waals surface area contributed by atoms with Crippen molar-refractivity contribution in [2.75, 3.05) is 6.54 Å². The lowest BCUT2D eigenvalue weighted by molar-refractivity contribution is 0.637. The van der Waals surface area contributed by atoms with E-state index in [2.05, 4.69) is 4.98 Å². The van der Waals surface area contributed by atoms with Crippen LogP contribution in [0.3, 0.4) is 0 Å². The molecule has 0 aliphatic rings. The second kappa shape index (κ2) is 3.98. The minimum atomic E-state index is -0.266. The molecule has 2 aromatic rings. The highest BCUT2D eigenvalue weighted by Crippen LogP contribution is 2.19. The first kappa shape index (κ1) is 10.1. The number of rotatable bonds is 3. The van der Waals surface area contributed by atoms with E-state index in [1.165, 1.54) is 6.07 Å². The van der Waals surface area contributed by atoms with Gasteiger partial charge < -0.3 is 10.3 Å². The summed E-state index contributed by atoms with van der Waals surface area (Å²) in [5.41, 5.74) is 6.81. The highest BCUT2D eigenvalue weighted by Gasteiger charge is 2.11. The molecule has 1 aromatic heterocycles. The standard InChI is InChI=1S/C11H14FN3/c1-2-10-14-11-8(12)4-3-5-9(11)15(10)7-6-13/h3-5H,2,6-7,13H2,1H3. The van der Waals surface area contributed by atoms with Crippen LogP contribution in [0.4, 0.5) is 4.39 Å². The molecule has 0 unspecified atom stereocenters. The van der Waals surface area contributed by atoms with Crippen LogP contribution >= 0.6 is 0 Å². The van der Waals surface area contributed by atoms with Crippen LogP contribution in [-0.2, 0) is 13.0 Å². The number of aromatic nitrogens is 2. The van der Waals surface area contributed by atoms with Gasteiger partial charge in [-0.05, 0) is 12.1 Å². The number of aryl methyl sites for hydroxylation is 1. The Morgan fingerprint density at radius 3 is 2.93 bits per heavy atom. The number of fused-ring (bicyclic) bond motifs is 1. The molecule has 0 saturated carbocycles. The van der Waals surface area contributed by atoms with E-state index in [9.17, 15) is 4.39 Å². The maximum atomic E-state index is 13.4. The summed E-state index contributed by atoms with van der Waals surface area (Å²) in [6.07, 6.45) is 0.786. The fourth-order valence-electron chi connectivity index (χ4n) is 1.81. The van der Waals surface area contributed by atoms with Crippen LogP contribution in [0.1, 0.15) is 12.7 Å². The van der Waals surface area contributed by atoms with Gasteiger partial charge in [-0.15, -0.1) is 0 Å². The fourth-order valence-corrected chi connectivity index (χ4v) is 1.81. The van der Waals surface area contributed by atoms with Crippen LogP contribution in [0.5, 0.6) is 0 Å². The van der Waals surface area contributed by atoms with E-state index in [0.29, 0.717) is 18.6 Å². The third-order valence-electron chi connectivity index (χ3n) is 2.48. The van der Waals surface area contributed by atoms with Crippen molar-refractivity contribution in [2.24, 2.45) is 5.73 Å². The van der Waals surface area contributed by atoms with E-state index < -0.39 is 0 Å². The normalized spacial score (nSPS) is 11.1. The molecule has 0 fully saturated rings. The number of nitrogens with zero attached hydrogens (tertiary/aromatic N) is 2. The van der Waals surface area contributed by atoms with Crippen LogP contribution in [0, 0.1) is 5.82 Å². The number of nitrogens with two attached hydrogens (primary N) is 1. The van der Waals surface area contributed by atoms with Crippen molar-refractivity contribution >= 4 is 11.0 Å². The third-order valence-corrected chi connectivity index (χ3v) is 2.48. The van der Waals surface area contributed by atoms with Crippen LogP contribution in [-0.4, -0.2) is 16.1 Å². The van der Waals surface area contributed by atoms with Crippen LogP contribution in [0.2, 0.25) is 0 Å². The van der Waals surface area contributed by atoms with Gasteiger partial charge in [0, 0.05) is 19.5 Å². The molecule has 0 atom stereocenters. The molecule has 0 spiro atoms. The highest BCUT2D eigenvalue weighted by atomic mass is 19.1. The number of hydrogen-bond donors (Lipinski definition) is 1. The van der Waals surface area contributed by atoms with Gasteiger partial charge >= 0.3 is 0 Å². The van der Waals surface area contributed by atoms with E-state index in [1.54, 1.807) is 6.07 Å². The first-order chi connectivity index (χ1) is 7.27. The smallest absolute Gasteiger partial charge is 0.151 e. The highest BCUT2D eigenvalue weighted by molar-refractivity contribution is 5.76. The summed E-state index contributed by atoms with van der Waals surface area (Å²) in [5, 5.41) is 0. The van der Waals surface area contributed by atoms with Gasteiger partial charge in [0.25, 0.3) is 0 Å². The Morgan fingerprint density at radius 2 is 2.27 bits per heavy atom. The molecule has 2 N–H and O–H groups in total. The van der Waals surface area contributed by atoms with Gasteiger partial charge in [-0.3, -0.25) is 0 Å². The van der Waals surface area contributed by atoms with Gasteiger partial charge in [0.05, 0.1) is 5.52 Å². The Morgan fingerprint density at radius 1 is 1.47 bits per heavy atom. The Bertz CT molecular complexity index is 476. The van der Waals surface area contributed by atoms with Crippen LogP contribution in [0.15, 0.2) is 18.2 Å². The number of benzene rings is 1. The van der Waals surface area contributed by atoms with Crippen molar-refractivity contribution < 1.29 is 4.39 Å². The summed E-state index contributed by atoms with van der Waals surface area (Å²) in [6.45, 7) is 3.23. The second-order valence-electron chi connectivity index (χ2n) is 3.43. The molecule has 0 saturated heterocycles. The first-order valence-corrected chi connectivity index (χ1v) is 5.11. The average Bonchev–Trinajstić information content (AvgIpc) is 2.59. The van der Waals surface area contributed by atoms with E-state index in [0.717, 1.165) is 17.8 Å². The Kier molecular flexibility index (Phi) is 2.68. The van der Waals surface area contributed by atoms with Crippen molar-refractivity contribution in [1.29, 1.82) is 0 Å². The van der Waals surface area contributed by atoms with Gasteiger partial charge in [-0.25, -0.2) is 9.37 Å². The molecule has 0 aliphatic heterocycles. The van der Waals surface area contributed by atoms with Crippen molar-refractivity contribution in [1.82, 2.24) is 9.55 Å². The minimum Gasteiger partial charge on any atom is -0.329 e. The molecule has 4 heteroatoms. The van der Waals surface area contributed by atoms with E-state index >= 15 is 0 Å². The zero-order chi connectivity index (χ0) is 10.8. The lowest BCUT2D eigenvalue weighted by Gasteiger charge is -2.05. The predicted molar refractivity (Wildman–Crippen MR) is 58.1 cm³/mol. The largest absolute Gasteiger partial charge is 0.329 e. The molecule has 80 valence electrons. The van der Waals surface area contributed by atoms with Gasteiger partial charge in [-0.1, -0.05) is 13.0 Å². The number of imidazole rings is 1. The van der Waals surface area contributed by atoms with Gasteiger partial charge in [-0.2, -0.15) is 0 Å². The molecule has 0 bridgehead atoms. The lowest BCUT2D eigenvalue weighted by Crippen LogP contribution is -2.12. The SMILES string of the molecule is CCc1nc2c(F)cccc2n1CCN. The van der Waals surface area contributed by atoms with Crippen molar-refractivity contribution in [2.45, 2.75) is 19.9 Å². The summed E-state index contributed by atoms with van der Waals surface area (Å²) in [4.78, 5) is 4.28. The Balaban J connectivity index is 2.68. The monoisotopic (exact) mass is 207 g/mol. The molecular formula is C11H14FN3. The zero-order valence-electron chi connectivity index (χ0n) is 8.70. The van der Waals surface area contributed by atoms with Crippen molar-refractivity contribution in [3.63, 3.8) is 0 Å². The molecule has 0 aliphatic carbocycles. The third kappa shape index (κ3) is 1.61. The van der Waals surface area contributed by atoms with Crippen LogP contribution < -0.4 is 5.73 Å². The Hall–Kier alpha value is -1.42. The molecule has 3 nitrogen and oxygen atoms in total. The van der Waals surface area contributed by atoms with E-state index in [4.69, 9.17) is 5.73 Å². The summed E-state index contributed by atoms with van der Waals surface area (Å²) < 4.78 is 15.4. The summed E-state index contributed by atoms with van der Waals surface area (Å²) in [6, 6.07) is 5.01. The summed E-state index contributed by atoms with van der Waals surface area (Å²) in [7, 11) is 0. The maximum absolute atomic E-state index is 13.4. The molecule has 0 amide bonds. The predicted octanol–water partition coefficient (Wildman–Crippen LogP) is 1.70. The number of halogens is 1. The summed E-state index contributed by atoms with van der Waals surface area (Å²) in [5.74, 6) is 0.624. The van der Waals surface area contributed by atoms with Gasteiger partial charge in [0.1, 0.15) is 11.3 Å². The summed E-state index contributed by atoms with van der Waals surface area (Å²) >= 11 is 0. The van der Waals surface area contributed by atoms with Crippen molar-refractivity contribution in [3.05, 3.63) is 29.8 Å². The Labute approximate surface area is 87.7 Å². The second-order valence-corrected chi connectivity index (χ2v) is 3.43. The molecule has 15 heavy (non-hydrogen) atoms. The van der Waals surface area contributed by atoms with Gasteiger partial charge in [0.2, 0.25) is 0 Å². The average molecular weight is 207 g/mol. The zero-order valence-corrected chi connectivity index (χ0v) is 8.70. The van der Waals surface area contributed by atoms with E-state index in [1.807, 2.05) is 17.6 Å². The molecular weight excluding hydrogens is 193 g/mol. The van der Waals surface area contributed by atoms with E-state index in [-0.39, 0.29) is 5.82 Å².